The van der Waals surface area contributed by atoms with Gasteiger partial charge in [0.05, 0.1) is 0 Å². The molecule has 0 atom stereocenters. The number of aliphatic hydroxyl groups is 1. The molecule has 4 heteroatoms. The highest BCUT2D eigenvalue weighted by Crippen LogP contribution is 2.40. The summed E-state index contributed by atoms with van der Waals surface area (Å²) in [6.45, 7) is 1.01. The summed E-state index contributed by atoms with van der Waals surface area (Å²) in [6.07, 6.45) is 8.78. The second-order valence-corrected chi connectivity index (χ2v) is 6.91. The minimum atomic E-state index is -0.311. The van der Waals surface area contributed by atoms with Crippen LogP contribution < -0.4 is 5.73 Å². The molecule has 3 N–H and O–H groups in total. The van der Waals surface area contributed by atoms with E-state index in [4.69, 9.17) is 10.8 Å². The predicted molar refractivity (Wildman–Crippen MR) is 97.2 cm³/mol. The molecule has 2 aromatic rings. The van der Waals surface area contributed by atoms with E-state index in [9.17, 15) is 4.79 Å². The molecule has 1 aromatic heterocycles. The molecule has 3 rings (SSSR count). The minimum Gasteiger partial charge on any atom is -0.396 e. The third-order valence-corrected chi connectivity index (χ3v) is 5.30. The molecule has 0 bridgehead atoms. The lowest BCUT2D eigenvalue weighted by Gasteiger charge is -2.22. The molecule has 0 aliphatic heterocycles. The van der Waals surface area contributed by atoms with Crippen LogP contribution in [0.25, 0.3) is 10.9 Å². The van der Waals surface area contributed by atoms with E-state index in [1.165, 1.54) is 30.2 Å². The summed E-state index contributed by atoms with van der Waals surface area (Å²) in [5, 5.41) is 10.2. The minimum absolute atomic E-state index is 0.225. The zero-order chi connectivity index (χ0) is 16.9. The van der Waals surface area contributed by atoms with E-state index >= 15 is 0 Å². The van der Waals surface area contributed by atoms with Crippen molar-refractivity contribution in [1.29, 1.82) is 0 Å². The molecule has 0 unspecified atom stereocenters. The number of hydrogen-bond acceptors (Lipinski definition) is 2. The number of unbranched alkanes of at least 4 members (excludes halogenated alkanes) is 2. The number of aliphatic hydroxyl groups excluding tert-OH is 1. The van der Waals surface area contributed by atoms with E-state index in [0.717, 1.165) is 44.2 Å². The summed E-state index contributed by atoms with van der Waals surface area (Å²) >= 11 is 0. The van der Waals surface area contributed by atoms with Crippen LogP contribution in [0.4, 0.5) is 0 Å². The van der Waals surface area contributed by atoms with E-state index in [1.54, 1.807) is 0 Å². The molecule has 1 amide bonds. The van der Waals surface area contributed by atoms with Crippen LogP contribution in [-0.2, 0) is 6.54 Å². The van der Waals surface area contributed by atoms with Gasteiger partial charge in [-0.3, -0.25) is 4.79 Å². The largest absolute Gasteiger partial charge is 0.396 e. The lowest BCUT2D eigenvalue weighted by molar-refractivity contribution is 0.0989. The lowest BCUT2D eigenvalue weighted by Crippen LogP contribution is -2.20. The molecule has 1 aliphatic rings. The van der Waals surface area contributed by atoms with Crippen molar-refractivity contribution >= 4 is 16.8 Å². The van der Waals surface area contributed by atoms with Crippen molar-refractivity contribution in [1.82, 2.24) is 4.57 Å². The first-order chi connectivity index (χ1) is 11.7. The Morgan fingerprint density at radius 3 is 2.58 bits per heavy atom. The third kappa shape index (κ3) is 3.34. The van der Waals surface area contributed by atoms with E-state index in [-0.39, 0.29) is 12.5 Å². The molecule has 24 heavy (non-hydrogen) atoms. The average Bonchev–Trinajstić information content (AvgIpc) is 2.94. The Hall–Kier alpha value is -1.81. The molecule has 1 saturated carbocycles. The van der Waals surface area contributed by atoms with Crippen molar-refractivity contribution < 1.29 is 9.90 Å². The maximum Gasteiger partial charge on any atom is 0.265 e. The molecule has 130 valence electrons. The van der Waals surface area contributed by atoms with Crippen LogP contribution in [0.1, 0.15) is 73.3 Å². The third-order valence-electron chi connectivity index (χ3n) is 5.30. The summed E-state index contributed by atoms with van der Waals surface area (Å²) in [7, 11) is 0. The van der Waals surface area contributed by atoms with Crippen molar-refractivity contribution in [2.75, 3.05) is 6.61 Å². The molecule has 1 fully saturated rings. The van der Waals surface area contributed by atoms with Gasteiger partial charge in [-0.1, -0.05) is 37.5 Å². The zero-order valence-electron chi connectivity index (χ0n) is 14.3. The fraction of sp³-hybridized carbons (Fsp3) is 0.550. The van der Waals surface area contributed by atoms with Crippen LogP contribution in [0.3, 0.4) is 0 Å². The monoisotopic (exact) mass is 328 g/mol. The molecule has 1 heterocycles. The number of aromatic nitrogens is 1. The maximum absolute atomic E-state index is 12.3. The second-order valence-electron chi connectivity index (χ2n) is 6.91. The summed E-state index contributed by atoms with van der Waals surface area (Å²) in [6, 6.07) is 8.31. The zero-order valence-corrected chi connectivity index (χ0v) is 14.3. The molecule has 0 spiro atoms. The first-order valence-electron chi connectivity index (χ1n) is 9.25. The van der Waals surface area contributed by atoms with Gasteiger partial charge < -0.3 is 15.4 Å². The van der Waals surface area contributed by atoms with Gasteiger partial charge in [0.25, 0.3) is 5.91 Å². The summed E-state index contributed by atoms with van der Waals surface area (Å²) in [4.78, 5) is 12.3. The van der Waals surface area contributed by atoms with E-state index in [0.29, 0.717) is 11.6 Å². The Balaban J connectivity index is 2.04. The number of aryl methyl sites for hydroxylation is 1. The van der Waals surface area contributed by atoms with Gasteiger partial charge in [-0.15, -0.1) is 0 Å². The first kappa shape index (κ1) is 17.0. The van der Waals surface area contributed by atoms with E-state index in [1.807, 2.05) is 6.07 Å². The Morgan fingerprint density at radius 1 is 1.12 bits per heavy atom. The number of rotatable bonds is 7. The lowest BCUT2D eigenvalue weighted by atomic mass is 9.82. The number of nitrogens with two attached hydrogens (primary N) is 1. The van der Waals surface area contributed by atoms with Crippen LogP contribution in [0, 0.1) is 0 Å². The highest BCUT2D eigenvalue weighted by atomic mass is 16.2. The first-order valence-corrected chi connectivity index (χ1v) is 9.25. The molecule has 0 saturated heterocycles. The normalized spacial score (nSPS) is 15.9. The number of hydrogen-bond donors (Lipinski definition) is 2. The van der Waals surface area contributed by atoms with Gasteiger partial charge >= 0.3 is 0 Å². The van der Waals surface area contributed by atoms with Crippen molar-refractivity contribution in [3.63, 3.8) is 0 Å². The number of benzene rings is 1. The SMILES string of the molecule is NC(=O)c1c(C2CCCCC2)c2ccccc2n1CCCCCO. The number of carbonyl (C=O) groups is 1. The molecular formula is C20H28N2O2. The summed E-state index contributed by atoms with van der Waals surface area (Å²) in [5.74, 6) is 0.138. The Labute approximate surface area is 143 Å². The van der Waals surface area contributed by atoms with Gasteiger partial charge in [-0.25, -0.2) is 0 Å². The van der Waals surface area contributed by atoms with Gasteiger partial charge in [0.2, 0.25) is 0 Å². The topological polar surface area (TPSA) is 68.2 Å². The highest BCUT2D eigenvalue weighted by molar-refractivity contribution is 6.01. The number of fused-ring (bicyclic) bond motifs is 1. The van der Waals surface area contributed by atoms with Crippen LogP contribution in [0.5, 0.6) is 0 Å². The van der Waals surface area contributed by atoms with Crippen molar-refractivity contribution in [2.45, 2.75) is 63.8 Å². The Morgan fingerprint density at radius 2 is 1.88 bits per heavy atom. The maximum atomic E-state index is 12.3. The highest BCUT2D eigenvalue weighted by Gasteiger charge is 2.27. The van der Waals surface area contributed by atoms with Crippen LogP contribution >= 0.6 is 0 Å². The second kappa shape index (κ2) is 7.84. The average molecular weight is 328 g/mol. The van der Waals surface area contributed by atoms with Crippen molar-refractivity contribution in [2.24, 2.45) is 5.73 Å². The fourth-order valence-electron chi connectivity index (χ4n) is 4.19. The predicted octanol–water partition coefficient (Wildman–Crippen LogP) is 3.95. The molecular weight excluding hydrogens is 300 g/mol. The van der Waals surface area contributed by atoms with Crippen molar-refractivity contribution in [3.8, 4) is 0 Å². The number of carbonyl (C=O) groups excluding carboxylic acids is 1. The number of nitrogens with zero attached hydrogens (tertiary/aromatic N) is 1. The summed E-state index contributed by atoms with van der Waals surface area (Å²) < 4.78 is 2.12. The fourth-order valence-corrected chi connectivity index (χ4v) is 4.19. The van der Waals surface area contributed by atoms with Gasteiger partial charge in [0.15, 0.2) is 0 Å². The van der Waals surface area contributed by atoms with Gasteiger partial charge in [0.1, 0.15) is 5.69 Å². The van der Waals surface area contributed by atoms with E-state index < -0.39 is 0 Å². The summed E-state index contributed by atoms with van der Waals surface area (Å²) in [5.41, 5.74) is 8.83. The van der Waals surface area contributed by atoms with Gasteiger partial charge in [0, 0.05) is 24.1 Å². The van der Waals surface area contributed by atoms with Crippen LogP contribution in [0.2, 0.25) is 0 Å². The molecule has 1 aliphatic carbocycles. The van der Waals surface area contributed by atoms with Crippen LogP contribution in [-0.4, -0.2) is 22.2 Å². The Bertz CT molecular complexity index is 699. The van der Waals surface area contributed by atoms with Gasteiger partial charge in [-0.2, -0.15) is 0 Å². The number of primary amides is 1. The number of amides is 1. The van der Waals surface area contributed by atoms with Crippen molar-refractivity contribution in [3.05, 3.63) is 35.5 Å². The van der Waals surface area contributed by atoms with Crippen LogP contribution in [0.15, 0.2) is 24.3 Å². The van der Waals surface area contributed by atoms with E-state index in [2.05, 4.69) is 22.8 Å². The smallest absolute Gasteiger partial charge is 0.265 e. The van der Waals surface area contributed by atoms with Gasteiger partial charge in [-0.05, 0) is 49.7 Å². The quantitative estimate of drug-likeness (QED) is 0.756. The Kier molecular flexibility index (Phi) is 5.56. The number of para-hydroxylation sites is 1. The standard InChI is InChI=1S/C20H28N2O2/c21-20(24)19-18(15-9-3-1-4-10-15)16-11-5-6-12-17(16)22(19)13-7-2-8-14-23/h5-6,11-12,15,23H,1-4,7-10,13-14H2,(H2,21,24). The molecule has 4 nitrogen and oxygen atoms in total. The molecule has 1 aromatic carbocycles. The molecule has 0 radical (unpaired) electrons.